The Morgan fingerprint density at radius 2 is 1.89 bits per heavy atom. The van der Waals surface area contributed by atoms with Crippen LogP contribution in [0.3, 0.4) is 0 Å². The van der Waals surface area contributed by atoms with Crippen molar-refractivity contribution < 1.29 is 19.4 Å². The van der Waals surface area contributed by atoms with Gasteiger partial charge in [0.2, 0.25) is 0 Å². The lowest BCUT2D eigenvalue weighted by Crippen LogP contribution is -2.49. The first-order valence-electron chi connectivity index (χ1n) is 6.24. The largest absolute Gasteiger partial charge is 0.478 e. The van der Waals surface area contributed by atoms with Crippen LogP contribution in [0.15, 0.2) is 24.3 Å². The highest BCUT2D eigenvalue weighted by molar-refractivity contribution is 5.97. The number of carboxylic acid groups (broad SMARTS) is 1. The molecule has 5 nitrogen and oxygen atoms in total. The molecule has 0 bridgehead atoms. The van der Waals surface area contributed by atoms with Crippen molar-refractivity contribution in [1.29, 1.82) is 0 Å². The van der Waals surface area contributed by atoms with Crippen LogP contribution < -0.4 is 5.32 Å². The number of aromatic carboxylic acids is 1. The molecule has 0 spiro atoms. The molecule has 0 radical (unpaired) electrons. The van der Waals surface area contributed by atoms with Gasteiger partial charge in [-0.15, -0.1) is 0 Å². The fourth-order valence-corrected chi connectivity index (χ4v) is 2.09. The maximum atomic E-state index is 12.1. The molecule has 1 aliphatic heterocycles. The summed E-state index contributed by atoms with van der Waals surface area (Å²) >= 11 is 0. The highest BCUT2D eigenvalue weighted by atomic mass is 16.5. The molecule has 1 aliphatic rings. The van der Waals surface area contributed by atoms with Crippen LogP contribution >= 0.6 is 0 Å². The first-order valence-corrected chi connectivity index (χ1v) is 6.24. The van der Waals surface area contributed by atoms with E-state index in [1.54, 1.807) is 12.1 Å². The molecule has 102 valence electrons. The summed E-state index contributed by atoms with van der Waals surface area (Å²) in [6.07, 6.45) is 1.52. The number of benzene rings is 1. The molecule has 0 atom stereocenters. The average molecular weight is 263 g/mol. The van der Waals surface area contributed by atoms with E-state index < -0.39 is 5.97 Å². The van der Waals surface area contributed by atoms with Crippen molar-refractivity contribution in [3.63, 3.8) is 0 Å². The number of amides is 1. The summed E-state index contributed by atoms with van der Waals surface area (Å²) in [5, 5.41) is 11.9. The van der Waals surface area contributed by atoms with Crippen molar-refractivity contribution in [3.05, 3.63) is 35.4 Å². The first kappa shape index (κ1) is 13.5. The predicted octanol–water partition coefficient (Wildman–Crippen LogP) is 1.68. The number of carboxylic acids is 1. The maximum Gasteiger partial charge on any atom is 0.335 e. The molecule has 0 saturated carbocycles. The smallest absolute Gasteiger partial charge is 0.335 e. The van der Waals surface area contributed by atoms with Gasteiger partial charge < -0.3 is 15.2 Å². The Morgan fingerprint density at radius 1 is 1.26 bits per heavy atom. The lowest BCUT2D eigenvalue weighted by molar-refractivity contribution is 0.0423. The second-order valence-corrected chi connectivity index (χ2v) is 5.01. The highest BCUT2D eigenvalue weighted by Crippen LogP contribution is 2.20. The van der Waals surface area contributed by atoms with Crippen LogP contribution in [-0.4, -0.2) is 35.7 Å². The number of ether oxygens (including phenoxy) is 1. The molecule has 1 aromatic rings. The molecular formula is C14H17NO4. The molecule has 1 heterocycles. The Bertz CT molecular complexity index is 492. The topological polar surface area (TPSA) is 75.6 Å². The number of hydrogen-bond acceptors (Lipinski definition) is 3. The summed E-state index contributed by atoms with van der Waals surface area (Å²) in [6.45, 7) is 3.24. The van der Waals surface area contributed by atoms with Gasteiger partial charge in [-0.05, 0) is 38.0 Å². The second-order valence-electron chi connectivity index (χ2n) is 5.01. The Morgan fingerprint density at radius 3 is 2.53 bits per heavy atom. The third-order valence-electron chi connectivity index (χ3n) is 3.38. The molecule has 0 aromatic heterocycles. The summed E-state index contributed by atoms with van der Waals surface area (Å²) in [5.74, 6) is -1.28. The molecule has 19 heavy (non-hydrogen) atoms. The van der Waals surface area contributed by atoms with Crippen molar-refractivity contribution in [2.45, 2.75) is 25.3 Å². The Kier molecular flexibility index (Phi) is 3.85. The van der Waals surface area contributed by atoms with E-state index in [9.17, 15) is 9.59 Å². The summed E-state index contributed by atoms with van der Waals surface area (Å²) < 4.78 is 5.27. The summed E-state index contributed by atoms with van der Waals surface area (Å²) in [6, 6.07) is 6.05. The van der Waals surface area contributed by atoms with Crippen LogP contribution in [0.25, 0.3) is 0 Å². The second kappa shape index (κ2) is 5.40. The SMILES string of the molecule is CC1(NC(=O)c2cccc(C(=O)O)c2)CCOCC1. The van der Waals surface area contributed by atoms with Gasteiger partial charge in [-0.3, -0.25) is 4.79 Å². The van der Waals surface area contributed by atoms with Crippen LogP contribution in [0, 0.1) is 0 Å². The van der Waals surface area contributed by atoms with E-state index in [1.807, 2.05) is 6.92 Å². The van der Waals surface area contributed by atoms with Gasteiger partial charge in [-0.25, -0.2) is 4.79 Å². The van der Waals surface area contributed by atoms with Crippen molar-refractivity contribution >= 4 is 11.9 Å². The van der Waals surface area contributed by atoms with E-state index in [2.05, 4.69) is 5.32 Å². The Balaban J connectivity index is 2.11. The third kappa shape index (κ3) is 3.32. The fourth-order valence-electron chi connectivity index (χ4n) is 2.09. The summed E-state index contributed by atoms with van der Waals surface area (Å²) in [7, 11) is 0. The molecule has 1 fully saturated rings. The quantitative estimate of drug-likeness (QED) is 0.870. The van der Waals surface area contributed by atoms with Crippen molar-refractivity contribution in [3.8, 4) is 0 Å². The van der Waals surface area contributed by atoms with Crippen molar-refractivity contribution in [1.82, 2.24) is 5.32 Å². The van der Waals surface area contributed by atoms with E-state index in [0.29, 0.717) is 18.8 Å². The number of nitrogens with one attached hydrogen (secondary N) is 1. The molecule has 2 N–H and O–H groups in total. The number of rotatable bonds is 3. The number of carbonyl (C=O) groups excluding carboxylic acids is 1. The predicted molar refractivity (Wildman–Crippen MR) is 69.3 cm³/mol. The van der Waals surface area contributed by atoms with E-state index >= 15 is 0 Å². The molecule has 2 rings (SSSR count). The van der Waals surface area contributed by atoms with Gasteiger partial charge in [0.05, 0.1) is 5.56 Å². The van der Waals surface area contributed by atoms with Crippen LogP contribution in [0.2, 0.25) is 0 Å². The van der Waals surface area contributed by atoms with E-state index in [0.717, 1.165) is 12.8 Å². The minimum absolute atomic E-state index is 0.116. The number of carbonyl (C=O) groups is 2. The zero-order chi connectivity index (χ0) is 13.9. The third-order valence-corrected chi connectivity index (χ3v) is 3.38. The van der Waals surface area contributed by atoms with Crippen LogP contribution in [-0.2, 0) is 4.74 Å². The van der Waals surface area contributed by atoms with E-state index in [-0.39, 0.29) is 17.0 Å². The van der Waals surface area contributed by atoms with E-state index in [4.69, 9.17) is 9.84 Å². The van der Waals surface area contributed by atoms with Gasteiger partial charge >= 0.3 is 5.97 Å². The maximum absolute atomic E-state index is 12.1. The Hall–Kier alpha value is -1.88. The van der Waals surface area contributed by atoms with Crippen molar-refractivity contribution in [2.24, 2.45) is 0 Å². The molecular weight excluding hydrogens is 246 g/mol. The minimum atomic E-state index is -1.04. The fraction of sp³-hybridized carbons (Fsp3) is 0.429. The standard InChI is InChI=1S/C14H17NO4/c1-14(5-7-19-8-6-14)15-12(16)10-3-2-4-11(9-10)13(17)18/h2-4,9H,5-8H2,1H3,(H,15,16)(H,17,18). The molecule has 0 unspecified atom stereocenters. The minimum Gasteiger partial charge on any atom is -0.478 e. The van der Waals surface area contributed by atoms with Gasteiger partial charge in [0.15, 0.2) is 0 Å². The van der Waals surface area contributed by atoms with Crippen molar-refractivity contribution in [2.75, 3.05) is 13.2 Å². The van der Waals surface area contributed by atoms with Crippen LogP contribution in [0.5, 0.6) is 0 Å². The average Bonchev–Trinajstić information content (AvgIpc) is 2.39. The molecule has 1 saturated heterocycles. The Labute approximate surface area is 111 Å². The molecule has 1 amide bonds. The molecule has 1 aromatic carbocycles. The lowest BCUT2D eigenvalue weighted by atomic mass is 9.92. The van der Waals surface area contributed by atoms with Crippen LogP contribution in [0.1, 0.15) is 40.5 Å². The zero-order valence-electron chi connectivity index (χ0n) is 10.8. The normalized spacial score (nSPS) is 17.7. The number of hydrogen-bond donors (Lipinski definition) is 2. The molecule has 0 aliphatic carbocycles. The van der Waals surface area contributed by atoms with Gasteiger partial charge in [0.25, 0.3) is 5.91 Å². The summed E-state index contributed by atoms with van der Waals surface area (Å²) in [5.41, 5.74) is 0.201. The zero-order valence-corrected chi connectivity index (χ0v) is 10.8. The van der Waals surface area contributed by atoms with Gasteiger partial charge in [0, 0.05) is 24.3 Å². The lowest BCUT2D eigenvalue weighted by Gasteiger charge is -2.34. The van der Waals surface area contributed by atoms with Gasteiger partial charge in [-0.2, -0.15) is 0 Å². The van der Waals surface area contributed by atoms with Gasteiger partial charge in [0.1, 0.15) is 0 Å². The summed E-state index contributed by atoms with van der Waals surface area (Å²) in [4.78, 5) is 23.0. The van der Waals surface area contributed by atoms with Gasteiger partial charge in [-0.1, -0.05) is 6.07 Å². The van der Waals surface area contributed by atoms with E-state index in [1.165, 1.54) is 12.1 Å². The monoisotopic (exact) mass is 263 g/mol. The molecule has 5 heteroatoms. The highest BCUT2D eigenvalue weighted by Gasteiger charge is 2.29. The first-order chi connectivity index (χ1) is 9.00. The van der Waals surface area contributed by atoms with Crippen LogP contribution in [0.4, 0.5) is 0 Å².